The van der Waals surface area contributed by atoms with Crippen LogP contribution < -0.4 is 0 Å². The van der Waals surface area contributed by atoms with Crippen LogP contribution in [0.15, 0.2) is 48.6 Å². The van der Waals surface area contributed by atoms with Crippen LogP contribution in [0.3, 0.4) is 0 Å². The number of allylic oxidation sites excluding steroid dienone is 8. The number of hydrogen-bond acceptors (Lipinski definition) is 7. The number of hydrogen-bond donors (Lipinski definition) is 1. The van der Waals surface area contributed by atoms with E-state index in [1.807, 2.05) is 21.1 Å². The first-order chi connectivity index (χ1) is 34.6. The molecule has 0 aromatic rings. The maximum absolute atomic E-state index is 12.9. The van der Waals surface area contributed by atoms with E-state index in [2.05, 4.69) is 62.5 Å². The van der Waals surface area contributed by atoms with E-state index in [0.29, 0.717) is 23.9 Å². The molecule has 0 bridgehead atoms. The van der Waals surface area contributed by atoms with Gasteiger partial charge in [0.05, 0.1) is 34.4 Å². The predicted molar refractivity (Wildman–Crippen MR) is 300 cm³/mol. The lowest BCUT2D eigenvalue weighted by atomic mass is 10.0. The molecule has 2 atom stereocenters. The molecule has 0 saturated carbocycles. The van der Waals surface area contributed by atoms with Gasteiger partial charge in [0, 0.05) is 12.8 Å². The standard InChI is InChI=1S/C62H113NO8/c1-6-8-10-12-14-16-18-20-22-24-26-27-28-29-30-31-32-33-35-36-38-40-42-44-46-48-50-52-59(64)69-56-58(57-70-62(61(66)67)68-55-54-63(3,4)5)71-60(65)53-51-49-47-45-43-41-39-37-34-25-23-21-19-17-15-13-11-9-7-2/h15,17,21,23-24,26,34,37,58,62H,6-14,16,18-20,22,25,27-33,35-36,38-57H2,1-5H3/p+1/b17-15-,23-21-,26-24-,37-34-. The highest BCUT2D eigenvalue weighted by Crippen LogP contribution is 2.16. The van der Waals surface area contributed by atoms with Gasteiger partial charge in [-0.2, -0.15) is 0 Å². The maximum atomic E-state index is 12.9. The lowest BCUT2D eigenvalue weighted by Crippen LogP contribution is -2.40. The molecule has 2 unspecified atom stereocenters. The molecule has 0 radical (unpaired) electrons. The van der Waals surface area contributed by atoms with Gasteiger partial charge in [0.25, 0.3) is 6.29 Å². The Hall–Kier alpha value is -2.75. The first-order valence-corrected chi connectivity index (χ1v) is 29.8. The second kappa shape index (κ2) is 53.5. The zero-order valence-electron chi connectivity index (χ0n) is 47.1. The number of aliphatic carboxylic acids is 1. The number of carbonyl (C=O) groups is 3. The summed E-state index contributed by atoms with van der Waals surface area (Å²) in [6.07, 6.45) is 63.3. The minimum Gasteiger partial charge on any atom is -0.477 e. The van der Waals surface area contributed by atoms with Gasteiger partial charge in [-0.15, -0.1) is 0 Å². The molecule has 0 heterocycles. The van der Waals surface area contributed by atoms with Gasteiger partial charge in [-0.3, -0.25) is 9.59 Å². The van der Waals surface area contributed by atoms with E-state index in [9.17, 15) is 19.5 Å². The SMILES string of the molecule is CCCCC/C=C\C/C=C\C/C=C\CCCCCCCCC(=O)OC(COC(=O)CCCCCCCCCCCCCCCCC/C=C\CCCCCCCCCC)COC(OCC[N+](C)(C)C)C(=O)O. The number of carbonyl (C=O) groups excluding carboxylic acids is 2. The molecule has 0 aliphatic rings. The molecular weight excluding hydrogens is 887 g/mol. The van der Waals surface area contributed by atoms with Crippen molar-refractivity contribution in [3.8, 4) is 0 Å². The molecule has 71 heavy (non-hydrogen) atoms. The fourth-order valence-electron chi connectivity index (χ4n) is 8.43. The van der Waals surface area contributed by atoms with E-state index in [1.54, 1.807) is 0 Å². The second-order valence-electron chi connectivity index (χ2n) is 21.3. The van der Waals surface area contributed by atoms with Crippen molar-refractivity contribution in [3.05, 3.63) is 48.6 Å². The fourth-order valence-corrected chi connectivity index (χ4v) is 8.43. The molecular formula is C62H114NO8+. The van der Waals surface area contributed by atoms with Crippen molar-refractivity contribution in [2.75, 3.05) is 47.5 Å². The lowest BCUT2D eigenvalue weighted by molar-refractivity contribution is -0.870. The topological polar surface area (TPSA) is 108 Å². The Morgan fingerprint density at radius 1 is 0.423 bits per heavy atom. The summed E-state index contributed by atoms with van der Waals surface area (Å²) in [5.74, 6) is -2.01. The lowest BCUT2D eigenvalue weighted by Gasteiger charge is -2.25. The number of nitrogens with zero attached hydrogens (tertiary/aromatic N) is 1. The zero-order valence-corrected chi connectivity index (χ0v) is 47.1. The third kappa shape index (κ3) is 54.9. The summed E-state index contributed by atoms with van der Waals surface area (Å²) < 4.78 is 22.9. The van der Waals surface area contributed by atoms with Gasteiger partial charge in [-0.1, -0.05) is 229 Å². The average Bonchev–Trinajstić information content (AvgIpc) is 3.34. The van der Waals surface area contributed by atoms with E-state index in [-0.39, 0.29) is 32.2 Å². The van der Waals surface area contributed by atoms with Gasteiger partial charge in [-0.25, -0.2) is 4.79 Å². The first-order valence-electron chi connectivity index (χ1n) is 29.8. The minimum absolute atomic E-state index is 0.185. The predicted octanol–water partition coefficient (Wildman–Crippen LogP) is 17.5. The van der Waals surface area contributed by atoms with Crippen LogP contribution in [0.5, 0.6) is 0 Å². The third-order valence-electron chi connectivity index (χ3n) is 13.1. The molecule has 0 fully saturated rings. The quantitative estimate of drug-likeness (QED) is 0.0211. The molecule has 0 spiro atoms. The van der Waals surface area contributed by atoms with Crippen LogP contribution in [-0.2, 0) is 33.3 Å². The van der Waals surface area contributed by atoms with Crippen molar-refractivity contribution in [1.29, 1.82) is 0 Å². The molecule has 0 aliphatic heterocycles. The molecule has 0 aromatic carbocycles. The number of rotatable bonds is 55. The summed E-state index contributed by atoms with van der Waals surface area (Å²) in [4.78, 5) is 37.4. The normalized spacial score (nSPS) is 13.1. The highest BCUT2D eigenvalue weighted by molar-refractivity contribution is 5.71. The van der Waals surface area contributed by atoms with E-state index in [4.69, 9.17) is 18.9 Å². The van der Waals surface area contributed by atoms with Gasteiger partial charge < -0.3 is 28.5 Å². The third-order valence-corrected chi connectivity index (χ3v) is 13.1. The van der Waals surface area contributed by atoms with Crippen LogP contribution in [0.1, 0.15) is 271 Å². The van der Waals surface area contributed by atoms with Crippen molar-refractivity contribution in [2.45, 2.75) is 283 Å². The number of ether oxygens (including phenoxy) is 4. The number of quaternary nitrogens is 1. The number of likely N-dealkylation sites (N-methyl/N-ethyl adjacent to an activating group) is 1. The largest absolute Gasteiger partial charge is 0.477 e. The summed E-state index contributed by atoms with van der Waals surface area (Å²) in [5.41, 5.74) is 0. The van der Waals surface area contributed by atoms with E-state index < -0.39 is 24.3 Å². The molecule has 9 heteroatoms. The minimum atomic E-state index is -1.51. The second-order valence-corrected chi connectivity index (χ2v) is 21.3. The molecule has 1 N–H and O–H groups in total. The number of esters is 2. The van der Waals surface area contributed by atoms with Gasteiger partial charge in [0.1, 0.15) is 13.2 Å². The number of unbranched alkanes of at least 4 members (excludes halogenated alkanes) is 32. The van der Waals surface area contributed by atoms with Crippen molar-refractivity contribution >= 4 is 17.9 Å². The Morgan fingerprint density at radius 3 is 1.17 bits per heavy atom. The Labute approximate surface area is 438 Å². The molecule has 0 amide bonds. The van der Waals surface area contributed by atoms with Crippen molar-refractivity contribution < 1.29 is 42.9 Å². The molecule has 0 saturated heterocycles. The summed E-state index contributed by atoms with van der Waals surface area (Å²) in [5, 5.41) is 9.70. The Balaban J connectivity index is 4.20. The van der Waals surface area contributed by atoms with Crippen LogP contribution in [0.2, 0.25) is 0 Å². The van der Waals surface area contributed by atoms with Gasteiger partial charge in [-0.05, 0) is 77.0 Å². The van der Waals surface area contributed by atoms with Gasteiger partial charge in [0.2, 0.25) is 0 Å². The first kappa shape index (κ1) is 68.2. The van der Waals surface area contributed by atoms with Crippen LogP contribution in [0, 0.1) is 0 Å². The van der Waals surface area contributed by atoms with Crippen molar-refractivity contribution in [1.82, 2.24) is 0 Å². The van der Waals surface area contributed by atoms with Gasteiger partial charge in [0.15, 0.2) is 6.10 Å². The smallest absolute Gasteiger partial charge is 0.361 e. The van der Waals surface area contributed by atoms with E-state index in [1.165, 1.54) is 173 Å². The van der Waals surface area contributed by atoms with E-state index >= 15 is 0 Å². The van der Waals surface area contributed by atoms with Crippen LogP contribution in [0.25, 0.3) is 0 Å². The van der Waals surface area contributed by atoms with Gasteiger partial charge >= 0.3 is 17.9 Å². The average molecular weight is 1000 g/mol. The maximum Gasteiger partial charge on any atom is 0.361 e. The molecule has 0 aliphatic carbocycles. The van der Waals surface area contributed by atoms with Crippen LogP contribution in [0.4, 0.5) is 0 Å². The van der Waals surface area contributed by atoms with Crippen molar-refractivity contribution in [2.24, 2.45) is 0 Å². The van der Waals surface area contributed by atoms with Crippen LogP contribution in [-0.4, -0.2) is 87.4 Å². The molecule has 9 nitrogen and oxygen atoms in total. The Morgan fingerprint density at radius 2 is 0.761 bits per heavy atom. The number of carboxylic acids is 1. The number of carboxylic acid groups (broad SMARTS) is 1. The molecule has 0 rings (SSSR count). The van der Waals surface area contributed by atoms with Crippen molar-refractivity contribution in [3.63, 3.8) is 0 Å². The highest BCUT2D eigenvalue weighted by atomic mass is 16.7. The summed E-state index contributed by atoms with van der Waals surface area (Å²) in [7, 11) is 5.97. The Bertz CT molecular complexity index is 1300. The van der Waals surface area contributed by atoms with Crippen LogP contribution >= 0.6 is 0 Å². The zero-order chi connectivity index (χ0) is 52.0. The summed E-state index contributed by atoms with van der Waals surface area (Å²) >= 11 is 0. The summed E-state index contributed by atoms with van der Waals surface area (Å²) in [6.45, 7) is 4.86. The molecule has 414 valence electrons. The fraction of sp³-hybridized carbons (Fsp3) is 0.823. The Kier molecular flexibility index (Phi) is 51.5. The highest BCUT2D eigenvalue weighted by Gasteiger charge is 2.25. The van der Waals surface area contributed by atoms with E-state index in [0.717, 1.165) is 64.2 Å². The molecule has 0 aromatic heterocycles. The summed E-state index contributed by atoms with van der Waals surface area (Å²) in [6, 6.07) is 0. The monoisotopic (exact) mass is 1000 g/mol.